The van der Waals surface area contributed by atoms with Gasteiger partial charge in [-0.05, 0) is 56.0 Å². The molecule has 1 aliphatic carbocycles. The maximum absolute atomic E-state index is 13.1. The van der Waals surface area contributed by atoms with Crippen LogP contribution in [0.15, 0.2) is 48.5 Å². The van der Waals surface area contributed by atoms with E-state index in [1.54, 1.807) is 0 Å². The molecule has 1 aliphatic heterocycles. The van der Waals surface area contributed by atoms with E-state index in [1.807, 2.05) is 30.3 Å². The summed E-state index contributed by atoms with van der Waals surface area (Å²) in [6.07, 6.45) is 3.36. The van der Waals surface area contributed by atoms with Crippen LogP contribution in [0.4, 0.5) is 0 Å². The van der Waals surface area contributed by atoms with Crippen molar-refractivity contribution in [1.82, 2.24) is 9.47 Å². The van der Waals surface area contributed by atoms with Crippen molar-refractivity contribution in [2.24, 2.45) is 0 Å². The summed E-state index contributed by atoms with van der Waals surface area (Å²) in [5, 5.41) is 1.40. The van der Waals surface area contributed by atoms with Crippen molar-refractivity contribution >= 4 is 16.8 Å². The Morgan fingerprint density at radius 2 is 1.92 bits per heavy atom. The number of aryl methyl sites for hydroxylation is 2. The van der Waals surface area contributed by atoms with Crippen molar-refractivity contribution in [2.75, 3.05) is 6.54 Å². The molecule has 0 N–H and O–H groups in total. The average Bonchev–Trinajstić information content (AvgIpc) is 2.97. The lowest BCUT2D eigenvalue weighted by Gasteiger charge is -2.40. The Labute approximate surface area is 147 Å². The van der Waals surface area contributed by atoms with E-state index in [0.717, 1.165) is 37.9 Å². The Hall–Kier alpha value is -2.55. The molecular weight excluding hydrogens is 308 g/mol. The topological polar surface area (TPSA) is 25.2 Å². The fourth-order valence-corrected chi connectivity index (χ4v) is 4.71. The molecule has 5 rings (SSSR count). The van der Waals surface area contributed by atoms with Crippen LogP contribution in [0, 0.1) is 6.92 Å². The molecule has 126 valence electrons. The second kappa shape index (κ2) is 5.48. The molecule has 3 heteroatoms. The third kappa shape index (κ3) is 2.15. The Morgan fingerprint density at radius 1 is 1.08 bits per heavy atom. The molecule has 1 aromatic heterocycles. The first-order chi connectivity index (χ1) is 12.2. The molecule has 2 heterocycles. The second-order valence-electron chi connectivity index (χ2n) is 7.31. The second-order valence-corrected chi connectivity index (χ2v) is 7.31. The van der Waals surface area contributed by atoms with Gasteiger partial charge in [0, 0.05) is 35.2 Å². The highest BCUT2D eigenvalue weighted by Gasteiger charge is 2.37. The summed E-state index contributed by atoms with van der Waals surface area (Å²) in [6, 6.07) is 16.7. The number of benzene rings is 2. The highest BCUT2D eigenvalue weighted by molar-refractivity contribution is 5.95. The van der Waals surface area contributed by atoms with Gasteiger partial charge in [-0.15, -0.1) is 0 Å². The van der Waals surface area contributed by atoms with Crippen molar-refractivity contribution in [2.45, 2.75) is 38.8 Å². The van der Waals surface area contributed by atoms with E-state index < -0.39 is 0 Å². The van der Waals surface area contributed by atoms with Gasteiger partial charge in [-0.2, -0.15) is 0 Å². The fraction of sp³-hybridized carbons (Fsp3) is 0.318. The zero-order valence-electron chi connectivity index (χ0n) is 14.5. The van der Waals surface area contributed by atoms with Gasteiger partial charge >= 0.3 is 0 Å². The minimum absolute atomic E-state index is 0.172. The Morgan fingerprint density at radius 3 is 2.76 bits per heavy atom. The molecule has 25 heavy (non-hydrogen) atoms. The van der Waals surface area contributed by atoms with E-state index in [-0.39, 0.29) is 11.9 Å². The summed E-state index contributed by atoms with van der Waals surface area (Å²) in [6.45, 7) is 3.85. The lowest BCUT2D eigenvalue weighted by Crippen LogP contribution is -2.43. The highest BCUT2D eigenvalue weighted by Crippen LogP contribution is 2.43. The number of fused-ring (bicyclic) bond motifs is 3. The molecule has 1 atom stereocenters. The molecule has 0 spiro atoms. The van der Waals surface area contributed by atoms with Crippen LogP contribution in [0.1, 0.15) is 46.1 Å². The number of rotatable bonds is 1. The molecule has 1 amide bonds. The number of nitrogens with zero attached hydrogens (tertiary/aromatic N) is 2. The predicted octanol–water partition coefficient (Wildman–Crippen LogP) is 4.48. The van der Waals surface area contributed by atoms with E-state index in [1.165, 1.54) is 27.7 Å². The Bertz CT molecular complexity index is 971. The zero-order chi connectivity index (χ0) is 17.0. The van der Waals surface area contributed by atoms with Gasteiger partial charge in [-0.25, -0.2) is 0 Å². The van der Waals surface area contributed by atoms with Crippen molar-refractivity contribution in [3.8, 4) is 0 Å². The van der Waals surface area contributed by atoms with Crippen molar-refractivity contribution in [1.29, 1.82) is 0 Å². The standard InChI is InChI=1S/C22H22N2O/c1-15-10-11-19-18(14-15)17-8-5-9-20-21(17)23(19)12-13-24(20)22(25)16-6-3-2-4-7-16/h2-4,6-7,10-11,14,20H,5,8-9,12-13H2,1H3/t20-/m0/s1. The van der Waals surface area contributed by atoms with Gasteiger partial charge in [0.15, 0.2) is 0 Å². The van der Waals surface area contributed by atoms with E-state index in [0.29, 0.717) is 0 Å². The third-order valence-electron chi connectivity index (χ3n) is 5.81. The maximum Gasteiger partial charge on any atom is 0.254 e. The minimum Gasteiger partial charge on any atom is -0.341 e. The van der Waals surface area contributed by atoms with Crippen LogP contribution in [0.2, 0.25) is 0 Å². The van der Waals surface area contributed by atoms with Crippen LogP contribution in [0.5, 0.6) is 0 Å². The van der Waals surface area contributed by atoms with Crippen molar-refractivity contribution in [3.63, 3.8) is 0 Å². The van der Waals surface area contributed by atoms with Crippen molar-refractivity contribution in [3.05, 3.63) is 70.9 Å². The minimum atomic E-state index is 0.172. The van der Waals surface area contributed by atoms with Crippen LogP contribution in [0.3, 0.4) is 0 Å². The molecular formula is C22H22N2O. The summed E-state index contributed by atoms with van der Waals surface area (Å²) in [7, 11) is 0. The average molecular weight is 330 g/mol. The number of aromatic nitrogens is 1. The van der Waals surface area contributed by atoms with Crippen LogP contribution in [-0.2, 0) is 13.0 Å². The van der Waals surface area contributed by atoms with E-state index in [4.69, 9.17) is 0 Å². The molecule has 0 fully saturated rings. The number of carbonyl (C=O) groups excluding carboxylic acids is 1. The molecule has 0 radical (unpaired) electrons. The van der Waals surface area contributed by atoms with Crippen LogP contribution < -0.4 is 0 Å². The van der Waals surface area contributed by atoms with Crippen LogP contribution in [-0.4, -0.2) is 21.9 Å². The molecule has 0 bridgehead atoms. The van der Waals surface area contributed by atoms with E-state index in [9.17, 15) is 4.79 Å². The first kappa shape index (κ1) is 14.8. The molecule has 0 unspecified atom stereocenters. The monoisotopic (exact) mass is 330 g/mol. The first-order valence-corrected chi connectivity index (χ1v) is 9.21. The molecule has 2 aromatic carbocycles. The predicted molar refractivity (Wildman–Crippen MR) is 99.8 cm³/mol. The number of hydrogen-bond acceptors (Lipinski definition) is 1. The number of hydrogen-bond donors (Lipinski definition) is 0. The number of amides is 1. The highest BCUT2D eigenvalue weighted by atomic mass is 16.2. The summed E-state index contributed by atoms with van der Waals surface area (Å²) >= 11 is 0. The number of carbonyl (C=O) groups is 1. The van der Waals surface area contributed by atoms with Gasteiger partial charge in [0.05, 0.1) is 6.04 Å². The van der Waals surface area contributed by atoms with E-state index >= 15 is 0 Å². The quantitative estimate of drug-likeness (QED) is 0.646. The van der Waals surface area contributed by atoms with Crippen LogP contribution in [0.25, 0.3) is 10.9 Å². The summed E-state index contributed by atoms with van der Waals surface area (Å²) in [5.41, 5.74) is 6.32. The molecule has 2 aliphatic rings. The van der Waals surface area contributed by atoms with Gasteiger partial charge in [0.1, 0.15) is 0 Å². The third-order valence-corrected chi connectivity index (χ3v) is 5.81. The molecule has 0 saturated carbocycles. The fourth-order valence-electron chi connectivity index (χ4n) is 4.71. The lowest BCUT2D eigenvalue weighted by molar-refractivity contribution is 0.0601. The molecule has 3 nitrogen and oxygen atoms in total. The lowest BCUT2D eigenvalue weighted by atomic mass is 9.89. The SMILES string of the molecule is Cc1ccc2c(c1)c1c3n2CCN(C(=O)c2ccccc2)[C@H]3CCC1. The van der Waals surface area contributed by atoms with Gasteiger partial charge in [0.2, 0.25) is 0 Å². The Kier molecular flexibility index (Phi) is 3.24. The van der Waals surface area contributed by atoms with Gasteiger partial charge in [0.25, 0.3) is 5.91 Å². The first-order valence-electron chi connectivity index (χ1n) is 9.21. The molecule has 0 saturated heterocycles. The summed E-state index contributed by atoms with van der Waals surface area (Å²) in [4.78, 5) is 15.2. The van der Waals surface area contributed by atoms with E-state index in [2.05, 4.69) is 34.6 Å². The molecule has 3 aromatic rings. The van der Waals surface area contributed by atoms with Gasteiger partial charge in [-0.3, -0.25) is 4.79 Å². The summed E-state index contributed by atoms with van der Waals surface area (Å²) in [5.74, 6) is 0.172. The zero-order valence-corrected chi connectivity index (χ0v) is 14.5. The summed E-state index contributed by atoms with van der Waals surface area (Å²) < 4.78 is 2.47. The largest absolute Gasteiger partial charge is 0.341 e. The smallest absolute Gasteiger partial charge is 0.254 e. The van der Waals surface area contributed by atoms with Gasteiger partial charge < -0.3 is 9.47 Å². The normalized spacial score (nSPS) is 19.1. The van der Waals surface area contributed by atoms with Crippen LogP contribution >= 0.6 is 0 Å². The van der Waals surface area contributed by atoms with Gasteiger partial charge in [-0.1, -0.05) is 29.8 Å². The maximum atomic E-state index is 13.1. The van der Waals surface area contributed by atoms with Crippen molar-refractivity contribution < 1.29 is 4.79 Å². The Balaban J connectivity index is 1.64.